The fraction of sp³-hybridized carbons (Fsp3) is 0.118. The monoisotopic (exact) mass is 334 g/mol. The van der Waals surface area contributed by atoms with Gasteiger partial charge in [0, 0.05) is 34.1 Å². The summed E-state index contributed by atoms with van der Waals surface area (Å²) in [6.45, 7) is 0. The average molecular weight is 334 g/mol. The maximum Gasteiger partial charge on any atom is 0.103 e. The van der Waals surface area contributed by atoms with Crippen LogP contribution in [0.4, 0.5) is 0 Å². The van der Waals surface area contributed by atoms with Crippen molar-refractivity contribution >= 4 is 17.3 Å². The van der Waals surface area contributed by atoms with Crippen molar-refractivity contribution in [3.05, 3.63) is 60.3 Å². The lowest BCUT2D eigenvalue weighted by Gasteiger charge is -2.18. The number of hydrogen-bond donors (Lipinski definition) is 2. The molecule has 0 spiro atoms. The summed E-state index contributed by atoms with van der Waals surface area (Å²) in [5.74, 6) is 0. The number of rotatable bonds is 3. The number of aromatic amines is 1. The van der Waals surface area contributed by atoms with E-state index in [0.717, 1.165) is 33.7 Å². The molecule has 3 N–H and O–H groups in total. The summed E-state index contributed by atoms with van der Waals surface area (Å²) >= 11 is 1.66. The van der Waals surface area contributed by atoms with Crippen LogP contribution in [0.25, 0.3) is 16.6 Å². The highest BCUT2D eigenvalue weighted by molar-refractivity contribution is 8.00. The van der Waals surface area contributed by atoms with Gasteiger partial charge < -0.3 is 5.73 Å². The van der Waals surface area contributed by atoms with Crippen molar-refractivity contribution in [3.8, 4) is 17.2 Å². The number of nitrogens with one attached hydrogen (secondary N) is 1. The zero-order chi connectivity index (χ0) is 16.5. The second kappa shape index (κ2) is 5.91. The molecule has 1 atom stereocenters. The largest absolute Gasteiger partial charge is 0.401 e. The van der Waals surface area contributed by atoms with Gasteiger partial charge >= 0.3 is 0 Å². The molecule has 0 amide bonds. The van der Waals surface area contributed by atoms with Gasteiger partial charge in [0.05, 0.1) is 28.7 Å². The average Bonchev–Trinajstić information content (AvgIpc) is 3.26. The van der Waals surface area contributed by atoms with Crippen LogP contribution in [0.3, 0.4) is 0 Å². The standard InChI is InChI=1S/C17H14N6S/c18-6-12-9-22-23-10-11(13-7-20-21-8-13)5-16(17(12)23)24-15-4-2-1-3-14(15)19/h1-3,5,7-10,15H,4,19H2,(H,20,21). The summed E-state index contributed by atoms with van der Waals surface area (Å²) in [5, 5.41) is 20.7. The molecular formula is C17H14N6S. The molecule has 4 rings (SSSR count). The van der Waals surface area contributed by atoms with Crippen molar-refractivity contribution in [2.75, 3.05) is 0 Å². The smallest absolute Gasteiger partial charge is 0.103 e. The van der Waals surface area contributed by atoms with Gasteiger partial charge in [0.1, 0.15) is 6.07 Å². The molecule has 0 aromatic carbocycles. The predicted octanol–water partition coefficient (Wildman–Crippen LogP) is 2.86. The van der Waals surface area contributed by atoms with Crippen molar-refractivity contribution in [2.24, 2.45) is 5.73 Å². The molecule has 0 radical (unpaired) electrons. The normalized spacial score (nSPS) is 17.0. The van der Waals surface area contributed by atoms with Crippen molar-refractivity contribution in [1.29, 1.82) is 5.26 Å². The van der Waals surface area contributed by atoms with Crippen LogP contribution >= 0.6 is 11.8 Å². The Balaban J connectivity index is 1.85. The SMILES string of the molecule is N#Cc1cnn2cc(-c3cn[nH]c3)cc(SC3CC=CC=C3N)c12. The van der Waals surface area contributed by atoms with Crippen molar-refractivity contribution in [1.82, 2.24) is 19.8 Å². The number of thioether (sulfide) groups is 1. The van der Waals surface area contributed by atoms with Crippen LogP contribution in [0, 0.1) is 11.3 Å². The zero-order valence-corrected chi connectivity index (χ0v) is 13.5. The molecule has 3 heterocycles. The Morgan fingerprint density at radius 1 is 1.38 bits per heavy atom. The molecule has 1 aliphatic carbocycles. The Morgan fingerprint density at radius 3 is 3.04 bits per heavy atom. The highest BCUT2D eigenvalue weighted by Gasteiger charge is 2.19. The first kappa shape index (κ1) is 14.6. The van der Waals surface area contributed by atoms with Gasteiger partial charge in [-0.15, -0.1) is 11.8 Å². The van der Waals surface area contributed by atoms with Crippen LogP contribution in [0.1, 0.15) is 12.0 Å². The van der Waals surface area contributed by atoms with E-state index in [1.807, 2.05) is 24.5 Å². The van der Waals surface area contributed by atoms with E-state index >= 15 is 0 Å². The van der Waals surface area contributed by atoms with E-state index in [4.69, 9.17) is 5.73 Å². The third kappa shape index (κ3) is 2.47. The van der Waals surface area contributed by atoms with Crippen LogP contribution in [-0.4, -0.2) is 25.1 Å². The molecule has 3 aromatic heterocycles. The molecule has 24 heavy (non-hydrogen) atoms. The summed E-state index contributed by atoms with van der Waals surface area (Å²) < 4.78 is 1.75. The molecule has 0 fully saturated rings. The van der Waals surface area contributed by atoms with E-state index in [1.165, 1.54) is 0 Å². The van der Waals surface area contributed by atoms with E-state index in [2.05, 4.69) is 33.5 Å². The topological polar surface area (TPSA) is 95.8 Å². The molecule has 0 saturated heterocycles. The van der Waals surface area contributed by atoms with E-state index in [-0.39, 0.29) is 5.25 Å². The first-order valence-electron chi connectivity index (χ1n) is 7.46. The summed E-state index contributed by atoms with van der Waals surface area (Å²) in [4.78, 5) is 0.986. The molecule has 7 heteroatoms. The molecule has 0 aliphatic heterocycles. The van der Waals surface area contributed by atoms with E-state index in [0.29, 0.717) is 5.56 Å². The predicted molar refractivity (Wildman–Crippen MR) is 93.2 cm³/mol. The van der Waals surface area contributed by atoms with Gasteiger partial charge in [0.2, 0.25) is 0 Å². The number of H-pyrrole nitrogens is 1. The first-order valence-corrected chi connectivity index (χ1v) is 8.33. The van der Waals surface area contributed by atoms with Gasteiger partial charge in [-0.3, -0.25) is 5.10 Å². The summed E-state index contributed by atoms with van der Waals surface area (Å²) in [6.07, 6.45) is 14.0. The molecule has 1 unspecified atom stereocenters. The third-order valence-corrected chi connectivity index (χ3v) is 5.26. The number of aromatic nitrogens is 4. The van der Waals surface area contributed by atoms with Crippen LogP contribution in [0.2, 0.25) is 0 Å². The Kier molecular flexibility index (Phi) is 3.59. The van der Waals surface area contributed by atoms with Crippen molar-refractivity contribution in [3.63, 3.8) is 0 Å². The molecule has 0 bridgehead atoms. The summed E-state index contributed by atoms with van der Waals surface area (Å²) in [5.41, 5.74) is 10.3. The van der Waals surface area contributed by atoms with E-state index in [9.17, 15) is 5.26 Å². The Labute approximate surface area is 142 Å². The van der Waals surface area contributed by atoms with Crippen LogP contribution < -0.4 is 5.73 Å². The van der Waals surface area contributed by atoms with Crippen LogP contribution in [0.15, 0.2) is 59.7 Å². The van der Waals surface area contributed by atoms with Crippen LogP contribution in [-0.2, 0) is 0 Å². The number of hydrogen-bond acceptors (Lipinski definition) is 5. The Bertz CT molecular complexity index is 990. The second-order valence-electron chi connectivity index (χ2n) is 5.48. The van der Waals surface area contributed by atoms with Gasteiger partial charge in [-0.25, -0.2) is 4.52 Å². The minimum atomic E-state index is 0.153. The number of nitrogens with two attached hydrogens (primary N) is 1. The second-order valence-corrected chi connectivity index (χ2v) is 6.72. The van der Waals surface area contributed by atoms with E-state index in [1.54, 1.807) is 28.7 Å². The molecule has 1 aliphatic rings. The van der Waals surface area contributed by atoms with Gasteiger partial charge in [-0.2, -0.15) is 15.5 Å². The highest BCUT2D eigenvalue weighted by Crippen LogP contribution is 2.36. The van der Waals surface area contributed by atoms with Gasteiger partial charge in [0.25, 0.3) is 0 Å². The first-order chi connectivity index (χ1) is 11.8. The summed E-state index contributed by atoms with van der Waals surface area (Å²) in [6, 6.07) is 4.29. The Morgan fingerprint density at radius 2 is 2.29 bits per heavy atom. The minimum absolute atomic E-state index is 0.153. The number of fused-ring (bicyclic) bond motifs is 1. The maximum absolute atomic E-state index is 9.39. The third-order valence-electron chi connectivity index (χ3n) is 3.94. The van der Waals surface area contributed by atoms with E-state index < -0.39 is 0 Å². The zero-order valence-electron chi connectivity index (χ0n) is 12.7. The van der Waals surface area contributed by atoms with Gasteiger partial charge in [0.15, 0.2) is 0 Å². The fourth-order valence-electron chi connectivity index (χ4n) is 2.72. The number of nitriles is 1. The molecule has 0 saturated carbocycles. The highest BCUT2D eigenvalue weighted by atomic mass is 32.2. The van der Waals surface area contributed by atoms with Crippen LogP contribution in [0.5, 0.6) is 0 Å². The quantitative estimate of drug-likeness (QED) is 0.768. The number of allylic oxidation sites excluding steroid dienone is 3. The van der Waals surface area contributed by atoms with Crippen molar-refractivity contribution < 1.29 is 0 Å². The maximum atomic E-state index is 9.39. The molecule has 3 aromatic rings. The number of nitrogens with zero attached hydrogens (tertiary/aromatic N) is 4. The minimum Gasteiger partial charge on any atom is -0.401 e. The molecule has 6 nitrogen and oxygen atoms in total. The van der Waals surface area contributed by atoms with Crippen molar-refractivity contribution in [2.45, 2.75) is 16.6 Å². The Hall–Kier alpha value is -2.98. The molecular weight excluding hydrogens is 320 g/mol. The lowest BCUT2D eigenvalue weighted by atomic mass is 10.1. The fourth-order valence-corrected chi connectivity index (χ4v) is 3.96. The molecule has 118 valence electrons. The lowest BCUT2D eigenvalue weighted by molar-refractivity contribution is 0.943. The summed E-state index contributed by atoms with van der Waals surface area (Å²) in [7, 11) is 0. The van der Waals surface area contributed by atoms with Gasteiger partial charge in [-0.1, -0.05) is 12.2 Å². The number of pyridine rings is 1. The lowest BCUT2D eigenvalue weighted by Crippen LogP contribution is -2.15. The van der Waals surface area contributed by atoms with Gasteiger partial charge in [-0.05, 0) is 18.6 Å².